The van der Waals surface area contributed by atoms with Gasteiger partial charge in [0.25, 0.3) is 0 Å². The fourth-order valence-electron chi connectivity index (χ4n) is 1.62. The average molecular weight is 212 g/mol. The largest absolute Gasteiger partial charge is 0.326 e. The van der Waals surface area contributed by atoms with E-state index in [2.05, 4.69) is 37.0 Å². The van der Waals surface area contributed by atoms with E-state index in [9.17, 15) is 0 Å². The van der Waals surface area contributed by atoms with E-state index in [1.165, 1.54) is 11.1 Å². The lowest BCUT2D eigenvalue weighted by Crippen LogP contribution is -1.97. The van der Waals surface area contributed by atoms with Crippen molar-refractivity contribution < 1.29 is 0 Å². The van der Waals surface area contributed by atoms with Crippen molar-refractivity contribution >= 4 is 0 Å². The average Bonchev–Trinajstić information content (AvgIpc) is 2.33. The zero-order valence-electron chi connectivity index (χ0n) is 9.70. The highest BCUT2D eigenvalue weighted by Crippen LogP contribution is 2.20. The van der Waals surface area contributed by atoms with Gasteiger partial charge in [0.15, 0.2) is 0 Å². The summed E-state index contributed by atoms with van der Waals surface area (Å²) in [6.45, 7) is 4.78. The van der Waals surface area contributed by atoms with E-state index < -0.39 is 0 Å². The monoisotopic (exact) mass is 212 g/mol. The van der Waals surface area contributed by atoms with E-state index in [1.54, 1.807) is 0 Å². The van der Waals surface area contributed by atoms with Crippen molar-refractivity contribution in [2.45, 2.75) is 20.4 Å². The van der Waals surface area contributed by atoms with E-state index in [0.717, 1.165) is 16.8 Å². The Kier molecular flexibility index (Phi) is 3.02. The van der Waals surface area contributed by atoms with Crippen LogP contribution in [0.4, 0.5) is 0 Å². The number of hydrogen-bond acceptors (Lipinski definition) is 2. The first kappa shape index (κ1) is 10.8. The molecule has 2 rings (SSSR count). The van der Waals surface area contributed by atoms with Gasteiger partial charge in [-0.3, -0.25) is 4.98 Å². The van der Waals surface area contributed by atoms with Crippen molar-refractivity contribution in [2.24, 2.45) is 5.73 Å². The van der Waals surface area contributed by atoms with Gasteiger partial charge in [-0.25, -0.2) is 0 Å². The second-order valence-corrected chi connectivity index (χ2v) is 4.05. The topological polar surface area (TPSA) is 38.9 Å². The summed E-state index contributed by atoms with van der Waals surface area (Å²) in [5.41, 5.74) is 11.4. The molecule has 2 N–H and O–H groups in total. The minimum Gasteiger partial charge on any atom is -0.326 e. The molecule has 82 valence electrons. The highest BCUT2D eigenvalue weighted by molar-refractivity contribution is 5.60. The summed E-state index contributed by atoms with van der Waals surface area (Å²) in [5, 5.41) is 0. The molecule has 0 atom stereocenters. The third kappa shape index (κ3) is 2.12. The van der Waals surface area contributed by atoms with Crippen molar-refractivity contribution in [1.82, 2.24) is 4.98 Å². The molecule has 0 bridgehead atoms. The predicted molar refractivity (Wildman–Crippen MR) is 67.0 cm³/mol. The summed E-state index contributed by atoms with van der Waals surface area (Å²) in [5.74, 6) is 0. The molecule has 0 unspecified atom stereocenters. The summed E-state index contributed by atoms with van der Waals surface area (Å²) in [6.07, 6.45) is 1.84. The number of nitrogens with two attached hydrogens (primary N) is 1. The molecular weight excluding hydrogens is 196 g/mol. The molecule has 0 amide bonds. The van der Waals surface area contributed by atoms with Gasteiger partial charge >= 0.3 is 0 Å². The molecule has 0 aliphatic heterocycles. The Bertz CT molecular complexity index is 487. The minimum absolute atomic E-state index is 0.542. The highest BCUT2D eigenvalue weighted by atomic mass is 14.7. The first-order chi connectivity index (χ1) is 7.70. The van der Waals surface area contributed by atoms with Gasteiger partial charge < -0.3 is 5.73 Å². The number of pyridine rings is 1. The second kappa shape index (κ2) is 4.45. The van der Waals surface area contributed by atoms with Crippen molar-refractivity contribution in [1.29, 1.82) is 0 Å². The Balaban J connectivity index is 2.38. The lowest BCUT2D eigenvalue weighted by Gasteiger charge is -2.05. The molecule has 2 aromatic rings. The van der Waals surface area contributed by atoms with Crippen LogP contribution in [0.25, 0.3) is 11.3 Å². The summed E-state index contributed by atoms with van der Waals surface area (Å²) in [6, 6.07) is 10.4. The maximum absolute atomic E-state index is 5.54. The van der Waals surface area contributed by atoms with Crippen LogP contribution >= 0.6 is 0 Å². The first-order valence-electron chi connectivity index (χ1n) is 5.43. The Morgan fingerprint density at radius 3 is 2.44 bits per heavy atom. The van der Waals surface area contributed by atoms with E-state index in [0.29, 0.717) is 6.54 Å². The van der Waals surface area contributed by atoms with Crippen molar-refractivity contribution in [2.75, 3.05) is 0 Å². The van der Waals surface area contributed by atoms with Crippen LogP contribution in [0, 0.1) is 13.8 Å². The van der Waals surface area contributed by atoms with Gasteiger partial charge in [-0.1, -0.05) is 18.2 Å². The summed E-state index contributed by atoms with van der Waals surface area (Å²) < 4.78 is 0. The Hall–Kier alpha value is -1.67. The van der Waals surface area contributed by atoms with Crippen LogP contribution in [0.2, 0.25) is 0 Å². The van der Waals surface area contributed by atoms with Crippen molar-refractivity contribution in [3.8, 4) is 11.3 Å². The van der Waals surface area contributed by atoms with E-state index in [1.807, 2.05) is 18.3 Å². The summed E-state index contributed by atoms with van der Waals surface area (Å²) in [4.78, 5) is 4.41. The second-order valence-electron chi connectivity index (χ2n) is 4.05. The van der Waals surface area contributed by atoms with Gasteiger partial charge in [0.1, 0.15) is 0 Å². The molecule has 1 aromatic carbocycles. The molecule has 0 saturated heterocycles. The molecule has 0 saturated carbocycles. The van der Waals surface area contributed by atoms with Crippen LogP contribution in [-0.2, 0) is 6.54 Å². The number of aryl methyl sites for hydroxylation is 2. The molecule has 2 heteroatoms. The Morgan fingerprint density at radius 2 is 1.88 bits per heavy atom. The first-order valence-corrected chi connectivity index (χ1v) is 5.43. The van der Waals surface area contributed by atoms with E-state index >= 15 is 0 Å². The van der Waals surface area contributed by atoms with Crippen LogP contribution < -0.4 is 5.73 Å². The lowest BCUT2D eigenvalue weighted by molar-refractivity contribution is 1.05. The van der Waals surface area contributed by atoms with Crippen molar-refractivity contribution in [3.63, 3.8) is 0 Å². The number of rotatable bonds is 2. The third-order valence-electron chi connectivity index (χ3n) is 2.86. The molecule has 0 radical (unpaired) electrons. The minimum atomic E-state index is 0.542. The zero-order chi connectivity index (χ0) is 11.5. The standard InChI is InChI=1S/C14H16N2/c1-10-3-5-13(7-11(10)2)14-6-4-12(8-15)9-16-14/h3-7,9H,8,15H2,1-2H3. The molecule has 0 aliphatic carbocycles. The normalized spacial score (nSPS) is 10.4. The van der Waals surface area contributed by atoms with Gasteiger partial charge in [0.05, 0.1) is 5.69 Å². The van der Waals surface area contributed by atoms with Gasteiger partial charge in [-0.05, 0) is 42.7 Å². The SMILES string of the molecule is Cc1ccc(-c2ccc(CN)cn2)cc1C. The fraction of sp³-hybridized carbons (Fsp3) is 0.214. The Labute approximate surface area is 96.1 Å². The molecular formula is C14H16N2. The molecule has 1 aromatic heterocycles. The number of aromatic nitrogens is 1. The number of nitrogens with zero attached hydrogens (tertiary/aromatic N) is 1. The van der Waals surface area contributed by atoms with Crippen LogP contribution in [-0.4, -0.2) is 4.98 Å². The van der Waals surface area contributed by atoms with Gasteiger partial charge in [0, 0.05) is 18.3 Å². The van der Waals surface area contributed by atoms with Crippen LogP contribution in [0.3, 0.4) is 0 Å². The predicted octanol–water partition coefficient (Wildman–Crippen LogP) is 2.82. The van der Waals surface area contributed by atoms with Crippen LogP contribution in [0.15, 0.2) is 36.5 Å². The van der Waals surface area contributed by atoms with Gasteiger partial charge in [0.2, 0.25) is 0 Å². The smallest absolute Gasteiger partial charge is 0.0702 e. The van der Waals surface area contributed by atoms with E-state index in [4.69, 9.17) is 5.73 Å². The van der Waals surface area contributed by atoms with Crippen molar-refractivity contribution in [3.05, 3.63) is 53.2 Å². The lowest BCUT2D eigenvalue weighted by atomic mass is 10.0. The Morgan fingerprint density at radius 1 is 1.06 bits per heavy atom. The van der Waals surface area contributed by atoms with Gasteiger partial charge in [-0.2, -0.15) is 0 Å². The van der Waals surface area contributed by atoms with Crippen LogP contribution in [0.5, 0.6) is 0 Å². The molecule has 16 heavy (non-hydrogen) atoms. The fourth-order valence-corrected chi connectivity index (χ4v) is 1.62. The highest BCUT2D eigenvalue weighted by Gasteiger charge is 2.01. The molecule has 0 spiro atoms. The molecule has 0 aliphatic rings. The van der Waals surface area contributed by atoms with Crippen LogP contribution in [0.1, 0.15) is 16.7 Å². The molecule has 1 heterocycles. The number of benzene rings is 1. The summed E-state index contributed by atoms with van der Waals surface area (Å²) >= 11 is 0. The quantitative estimate of drug-likeness (QED) is 0.831. The third-order valence-corrected chi connectivity index (χ3v) is 2.86. The summed E-state index contributed by atoms with van der Waals surface area (Å²) in [7, 11) is 0. The number of hydrogen-bond donors (Lipinski definition) is 1. The molecule has 0 fully saturated rings. The van der Waals surface area contributed by atoms with Gasteiger partial charge in [-0.15, -0.1) is 0 Å². The van der Waals surface area contributed by atoms with E-state index in [-0.39, 0.29) is 0 Å². The zero-order valence-corrected chi connectivity index (χ0v) is 9.70. The molecule has 2 nitrogen and oxygen atoms in total. The maximum atomic E-state index is 5.54. The maximum Gasteiger partial charge on any atom is 0.0702 e.